The Labute approximate surface area is 175 Å². The Balaban J connectivity index is 2.04. The van der Waals surface area contributed by atoms with Crippen molar-refractivity contribution in [3.8, 4) is 6.07 Å². The number of hydrogen-bond acceptors (Lipinski definition) is 6. The van der Waals surface area contributed by atoms with Crippen molar-refractivity contribution in [2.45, 2.75) is 13.5 Å². The van der Waals surface area contributed by atoms with E-state index in [0.29, 0.717) is 27.9 Å². The molecule has 0 bridgehead atoms. The molecular weight excluding hydrogens is 382 g/mol. The molecule has 0 radical (unpaired) electrons. The summed E-state index contributed by atoms with van der Waals surface area (Å²) in [6, 6.07) is 17.3. The SMILES string of the molecule is CCNc1ccc(C#N)cc1N=C1S/C(=C\N(C)C)C(=O)N1Cc1ccccc1. The quantitative estimate of drug-likeness (QED) is 0.731. The average molecular weight is 406 g/mol. The third kappa shape index (κ3) is 4.98. The van der Waals surface area contributed by atoms with Crippen LogP contribution < -0.4 is 5.32 Å². The van der Waals surface area contributed by atoms with Crippen LogP contribution >= 0.6 is 11.8 Å². The lowest BCUT2D eigenvalue weighted by atomic mass is 10.2. The highest BCUT2D eigenvalue weighted by atomic mass is 32.2. The molecule has 0 aliphatic carbocycles. The van der Waals surface area contributed by atoms with Gasteiger partial charge in [-0.3, -0.25) is 9.69 Å². The first-order valence-electron chi connectivity index (χ1n) is 9.30. The van der Waals surface area contributed by atoms with Crippen molar-refractivity contribution in [2.75, 3.05) is 26.0 Å². The molecular formula is C22H23N5OS. The van der Waals surface area contributed by atoms with Crippen molar-refractivity contribution < 1.29 is 4.79 Å². The fourth-order valence-electron chi connectivity index (χ4n) is 2.86. The molecule has 1 N–H and O–H groups in total. The number of nitrogens with zero attached hydrogens (tertiary/aromatic N) is 4. The van der Waals surface area contributed by atoms with Crippen molar-refractivity contribution in [3.63, 3.8) is 0 Å². The van der Waals surface area contributed by atoms with Gasteiger partial charge in [0.05, 0.1) is 34.5 Å². The van der Waals surface area contributed by atoms with Crippen LogP contribution in [0.5, 0.6) is 0 Å². The molecule has 148 valence electrons. The summed E-state index contributed by atoms with van der Waals surface area (Å²) in [7, 11) is 3.77. The van der Waals surface area contributed by atoms with Crippen LogP contribution in [0.15, 0.2) is 64.6 Å². The summed E-state index contributed by atoms with van der Waals surface area (Å²) >= 11 is 1.34. The molecule has 1 aliphatic rings. The van der Waals surface area contributed by atoms with E-state index in [1.54, 1.807) is 17.0 Å². The van der Waals surface area contributed by atoms with Crippen LogP contribution in [0, 0.1) is 11.3 Å². The highest BCUT2D eigenvalue weighted by Gasteiger charge is 2.34. The highest BCUT2D eigenvalue weighted by Crippen LogP contribution is 2.36. The van der Waals surface area contributed by atoms with E-state index in [0.717, 1.165) is 17.8 Å². The van der Waals surface area contributed by atoms with Crippen molar-refractivity contribution in [2.24, 2.45) is 4.99 Å². The van der Waals surface area contributed by atoms with Gasteiger partial charge in [-0.1, -0.05) is 30.3 Å². The Morgan fingerprint density at radius 1 is 1.24 bits per heavy atom. The molecule has 0 atom stereocenters. The van der Waals surface area contributed by atoms with E-state index < -0.39 is 0 Å². The normalized spacial score (nSPS) is 16.3. The summed E-state index contributed by atoms with van der Waals surface area (Å²) in [5, 5.41) is 13.1. The van der Waals surface area contributed by atoms with Gasteiger partial charge in [0.15, 0.2) is 5.17 Å². The highest BCUT2D eigenvalue weighted by molar-refractivity contribution is 8.18. The van der Waals surface area contributed by atoms with Gasteiger partial charge in [0.1, 0.15) is 0 Å². The van der Waals surface area contributed by atoms with Crippen LogP contribution in [0.4, 0.5) is 11.4 Å². The molecule has 2 aromatic rings. The molecule has 0 saturated carbocycles. The lowest BCUT2D eigenvalue weighted by Gasteiger charge is -2.16. The van der Waals surface area contributed by atoms with Gasteiger partial charge in [-0.05, 0) is 42.4 Å². The number of nitriles is 1. The molecule has 6 nitrogen and oxygen atoms in total. The van der Waals surface area contributed by atoms with Crippen LogP contribution in [0.25, 0.3) is 0 Å². The standard InChI is InChI=1S/C22H23N5OS/c1-4-24-18-11-10-17(13-23)12-19(18)25-22-27(14-16-8-6-5-7-9-16)21(28)20(29-22)15-26(2)3/h5-12,15,24H,4,14H2,1-3H3/b20-15-,25-22?. The van der Waals surface area contributed by atoms with Gasteiger partial charge in [0.2, 0.25) is 0 Å². The first-order valence-corrected chi connectivity index (χ1v) is 10.1. The maximum Gasteiger partial charge on any atom is 0.268 e. The largest absolute Gasteiger partial charge is 0.384 e. The fourth-order valence-corrected chi connectivity index (χ4v) is 3.92. The second-order valence-electron chi connectivity index (χ2n) is 6.70. The second kappa shape index (κ2) is 9.30. The number of amides is 1. The van der Waals surface area contributed by atoms with Crippen molar-refractivity contribution in [1.29, 1.82) is 5.26 Å². The molecule has 0 spiro atoms. The van der Waals surface area contributed by atoms with Crippen molar-refractivity contribution in [1.82, 2.24) is 9.80 Å². The molecule has 0 aromatic heterocycles. The zero-order valence-electron chi connectivity index (χ0n) is 16.7. The van der Waals surface area contributed by atoms with Gasteiger partial charge in [-0.2, -0.15) is 5.26 Å². The Hall–Kier alpha value is -3.24. The van der Waals surface area contributed by atoms with Gasteiger partial charge in [0.25, 0.3) is 5.91 Å². The molecule has 7 heteroatoms. The van der Waals surface area contributed by atoms with E-state index in [4.69, 9.17) is 4.99 Å². The van der Waals surface area contributed by atoms with Crippen LogP contribution in [0.2, 0.25) is 0 Å². The number of nitrogens with one attached hydrogen (secondary N) is 1. The molecule has 2 aromatic carbocycles. The number of anilines is 1. The van der Waals surface area contributed by atoms with Crippen LogP contribution in [-0.2, 0) is 11.3 Å². The van der Waals surface area contributed by atoms with Gasteiger partial charge in [-0.15, -0.1) is 0 Å². The number of amidine groups is 1. The first kappa shape index (κ1) is 20.5. The molecule has 1 fully saturated rings. The fraction of sp³-hybridized carbons (Fsp3) is 0.227. The lowest BCUT2D eigenvalue weighted by Crippen LogP contribution is -2.28. The Kier molecular flexibility index (Phi) is 6.57. The summed E-state index contributed by atoms with van der Waals surface area (Å²) in [6.45, 7) is 3.17. The van der Waals surface area contributed by atoms with Crippen LogP contribution in [0.3, 0.4) is 0 Å². The van der Waals surface area contributed by atoms with E-state index in [2.05, 4.69) is 11.4 Å². The number of aliphatic imine (C=N–C) groups is 1. The van der Waals surface area contributed by atoms with E-state index in [9.17, 15) is 10.1 Å². The molecule has 29 heavy (non-hydrogen) atoms. The Morgan fingerprint density at radius 3 is 2.66 bits per heavy atom. The zero-order chi connectivity index (χ0) is 20.8. The lowest BCUT2D eigenvalue weighted by molar-refractivity contribution is -0.122. The maximum atomic E-state index is 13.0. The predicted molar refractivity (Wildman–Crippen MR) is 119 cm³/mol. The summed E-state index contributed by atoms with van der Waals surface area (Å²) < 4.78 is 0. The van der Waals surface area contributed by atoms with Crippen molar-refractivity contribution in [3.05, 3.63) is 70.8 Å². The number of benzene rings is 2. The second-order valence-corrected chi connectivity index (χ2v) is 7.71. The zero-order valence-corrected chi connectivity index (χ0v) is 17.5. The summed E-state index contributed by atoms with van der Waals surface area (Å²) in [4.78, 5) is 22.0. The van der Waals surface area contributed by atoms with Gasteiger partial charge in [0, 0.05) is 26.8 Å². The van der Waals surface area contributed by atoms with E-state index >= 15 is 0 Å². The average Bonchev–Trinajstić information content (AvgIpc) is 2.98. The van der Waals surface area contributed by atoms with E-state index in [-0.39, 0.29) is 5.91 Å². The Morgan fingerprint density at radius 2 is 2.00 bits per heavy atom. The number of carbonyl (C=O) groups is 1. The third-order valence-corrected chi connectivity index (χ3v) is 5.15. The molecule has 1 saturated heterocycles. The minimum absolute atomic E-state index is 0.0762. The Bertz CT molecular complexity index is 992. The molecule has 1 aliphatic heterocycles. The molecule has 1 heterocycles. The maximum absolute atomic E-state index is 13.0. The van der Waals surface area contributed by atoms with Crippen LogP contribution in [0.1, 0.15) is 18.1 Å². The summed E-state index contributed by atoms with van der Waals surface area (Å²) in [5.41, 5.74) is 3.03. The van der Waals surface area contributed by atoms with Gasteiger partial charge in [-0.25, -0.2) is 4.99 Å². The monoisotopic (exact) mass is 405 g/mol. The van der Waals surface area contributed by atoms with Crippen LogP contribution in [-0.4, -0.2) is 41.5 Å². The summed E-state index contributed by atoms with van der Waals surface area (Å²) in [5.74, 6) is -0.0762. The number of rotatable bonds is 6. The minimum atomic E-state index is -0.0762. The van der Waals surface area contributed by atoms with Crippen molar-refractivity contribution >= 4 is 34.2 Å². The summed E-state index contributed by atoms with van der Waals surface area (Å²) in [6.07, 6.45) is 1.81. The first-order chi connectivity index (χ1) is 14.0. The van der Waals surface area contributed by atoms with E-state index in [1.807, 2.05) is 68.5 Å². The third-order valence-electron chi connectivity index (χ3n) is 4.16. The number of thioether (sulfide) groups is 1. The van der Waals surface area contributed by atoms with Gasteiger partial charge >= 0.3 is 0 Å². The molecule has 1 amide bonds. The minimum Gasteiger partial charge on any atom is -0.384 e. The topological polar surface area (TPSA) is 71.7 Å². The predicted octanol–water partition coefficient (Wildman–Crippen LogP) is 4.16. The number of carbonyl (C=O) groups excluding carboxylic acids is 1. The van der Waals surface area contributed by atoms with Gasteiger partial charge < -0.3 is 10.2 Å². The smallest absolute Gasteiger partial charge is 0.268 e. The molecule has 3 rings (SSSR count). The van der Waals surface area contributed by atoms with E-state index in [1.165, 1.54) is 11.8 Å². The number of hydrogen-bond donors (Lipinski definition) is 1. The molecule has 0 unspecified atom stereocenters.